The summed E-state index contributed by atoms with van der Waals surface area (Å²) in [6.07, 6.45) is 5.89. The summed E-state index contributed by atoms with van der Waals surface area (Å²) >= 11 is 0. The average Bonchev–Trinajstić information content (AvgIpc) is 2.69. The zero-order chi connectivity index (χ0) is 19.4. The van der Waals surface area contributed by atoms with Crippen LogP contribution in [0.3, 0.4) is 0 Å². The molecule has 0 radical (unpaired) electrons. The minimum atomic E-state index is -0.975. The van der Waals surface area contributed by atoms with E-state index >= 15 is 0 Å². The van der Waals surface area contributed by atoms with Crippen molar-refractivity contribution in [2.75, 3.05) is 23.3 Å². The highest BCUT2D eigenvalue weighted by molar-refractivity contribution is 6.04. The zero-order valence-electron chi connectivity index (χ0n) is 15.3. The van der Waals surface area contributed by atoms with Crippen LogP contribution < -0.4 is 10.2 Å². The number of carbonyl (C=O) groups excluding carboxylic acids is 1. The molecule has 0 saturated carbocycles. The summed E-state index contributed by atoms with van der Waals surface area (Å²) < 4.78 is 0. The largest absolute Gasteiger partial charge is 0.481 e. The highest BCUT2D eigenvalue weighted by Gasteiger charge is 2.29. The molecule has 0 spiro atoms. The number of rotatable bonds is 5. The molecule has 0 saturated heterocycles. The van der Waals surface area contributed by atoms with E-state index in [1.807, 2.05) is 11.0 Å². The molecule has 1 aliphatic heterocycles. The van der Waals surface area contributed by atoms with Gasteiger partial charge in [-0.25, -0.2) is 9.97 Å². The molecule has 140 valence electrons. The SMILES string of the molecule is CC(C)(C(=O)O)c1ccc(NC(=O)C2=CCN(c3ncccn3)CC2)cc1. The van der Waals surface area contributed by atoms with Crippen LogP contribution in [0.2, 0.25) is 0 Å². The minimum Gasteiger partial charge on any atom is -0.481 e. The van der Waals surface area contributed by atoms with Gasteiger partial charge in [-0.3, -0.25) is 9.59 Å². The molecule has 2 aromatic rings. The van der Waals surface area contributed by atoms with Gasteiger partial charge in [0.2, 0.25) is 5.95 Å². The monoisotopic (exact) mass is 366 g/mol. The molecule has 7 nitrogen and oxygen atoms in total. The summed E-state index contributed by atoms with van der Waals surface area (Å²) in [5.74, 6) is -0.377. The Kier molecular flexibility index (Phi) is 5.21. The third kappa shape index (κ3) is 4.13. The first-order valence-electron chi connectivity index (χ1n) is 8.74. The van der Waals surface area contributed by atoms with Gasteiger partial charge in [0.25, 0.3) is 5.91 Å². The fourth-order valence-corrected chi connectivity index (χ4v) is 2.82. The number of carbonyl (C=O) groups is 2. The average molecular weight is 366 g/mol. The molecule has 0 fully saturated rings. The summed E-state index contributed by atoms with van der Waals surface area (Å²) in [5.41, 5.74) is 1.07. The maximum absolute atomic E-state index is 12.5. The van der Waals surface area contributed by atoms with Crippen LogP contribution >= 0.6 is 0 Å². The number of hydrogen-bond acceptors (Lipinski definition) is 5. The molecule has 1 aromatic carbocycles. The minimum absolute atomic E-state index is 0.145. The van der Waals surface area contributed by atoms with Crippen LogP contribution in [0.15, 0.2) is 54.4 Å². The maximum atomic E-state index is 12.5. The van der Waals surface area contributed by atoms with E-state index in [2.05, 4.69) is 15.3 Å². The number of aromatic nitrogens is 2. The van der Waals surface area contributed by atoms with Crippen LogP contribution in [-0.4, -0.2) is 40.0 Å². The summed E-state index contributed by atoms with van der Waals surface area (Å²) in [5, 5.41) is 12.2. The van der Waals surface area contributed by atoms with E-state index in [-0.39, 0.29) is 5.91 Å². The smallest absolute Gasteiger partial charge is 0.313 e. The Morgan fingerprint density at radius 1 is 1.15 bits per heavy atom. The fraction of sp³-hybridized carbons (Fsp3) is 0.300. The molecular weight excluding hydrogens is 344 g/mol. The van der Waals surface area contributed by atoms with Crippen LogP contribution in [0.25, 0.3) is 0 Å². The van der Waals surface area contributed by atoms with Gasteiger partial charge in [-0.2, -0.15) is 0 Å². The van der Waals surface area contributed by atoms with Crippen molar-refractivity contribution in [3.8, 4) is 0 Å². The standard InChI is InChI=1S/C20H22N4O3/c1-20(2,18(26)27)15-4-6-16(7-5-15)23-17(25)14-8-12-24(13-9-14)19-21-10-3-11-22-19/h3-8,10-11H,9,12-13H2,1-2H3,(H,23,25)(H,26,27). The molecule has 27 heavy (non-hydrogen) atoms. The Morgan fingerprint density at radius 2 is 1.81 bits per heavy atom. The van der Waals surface area contributed by atoms with Gasteiger partial charge in [-0.05, 0) is 44.0 Å². The number of hydrogen-bond donors (Lipinski definition) is 2. The van der Waals surface area contributed by atoms with E-state index in [1.165, 1.54) is 0 Å². The van der Waals surface area contributed by atoms with Gasteiger partial charge < -0.3 is 15.3 Å². The van der Waals surface area contributed by atoms with Gasteiger partial charge in [-0.15, -0.1) is 0 Å². The van der Waals surface area contributed by atoms with Gasteiger partial charge >= 0.3 is 5.97 Å². The number of amides is 1. The van der Waals surface area contributed by atoms with Crippen LogP contribution in [0.1, 0.15) is 25.8 Å². The topological polar surface area (TPSA) is 95.4 Å². The normalized spacial score (nSPS) is 14.4. The van der Waals surface area contributed by atoms with Crippen molar-refractivity contribution >= 4 is 23.5 Å². The van der Waals surface area contributed by atoms with Crippen molar-refractivity contribution in [1.82, 2.24) is 9.97 Å². The molecule has 1 amide bonds. The maximum Gasteiger partial charge on any atom is 0.313 e. The number of carboxylic acids is 1. The highest BCUT2D eigenvalue weighted by atomic mass is 16.4. The number of benzene rings is 1. The predicted octanol–water partition coefficient (Wildman–Crippen LogP) is 2.61. The highest BCUT2D eigenvalue weighted by Crippen LogP contribution is 2.25. The number of anilines is 2. The lowest BCUT2D eigenvalue weighted by atomic mass is 9.85. The van der Waals surface area contributed by atoms with Crippen molar-refractivity contribution in [2.45, 2.75) is 25.7 Å². The van der Waals surface area contributed by atoms with E-state index in [0.29, 0.717) is 36.7 Å². The quantitative estimate of drug-likeness (QED) is 0.845. The summed E-state index contributed by atoms with van der Waals surface area (Å²) in [4.78, 5) is 34.3. The first-order valence-corrected chi connectivity index (χ1v) is 8.74. The van der Waals surface area contributed by atoms with Crippen molar-refractivity contribution < 1.29 is 14.7 Å². The molecule has 0 aliphatic carbocycles. The summed E-state index contributed by atoms with van der Waals surface area (Å²) in [6, 6.07) is 8.68. The van der Waals surface area contributed by atoms with Gasteiger partial charge in [0.15, 0.2) is 0 Å². The molecule has 1 aliphatic rings. The van der Waals surface area contributed by atoms with Crippen LogP contribution in [0.4, 0.5) is 11.6 Å². The molecule has 0 atom stereocenters. The molecule has 0 bridgehead atoms. The first kappa shape index (κ1) is 18.6. The lowest BCUT2D eigenvalue weighted by molar-refractivity contribution is -0.142. The van der Waals surface area contributed by atoms with E-state index < -0.39 is 11.4 Å². The van der Waals surface area contributed by atoms with Gasteiger partial charge in [-0.1, -0.05) is 18.2 Å². The lowest BCUT2D eigenvalue weighted by Crippen LogP contribution is -2.32. The van der Waals surface area contributed by atoms with Gasteiger partial charge in [0, 0.05) is 36.7 Å². The number of carboxylic acid groups (broad SMARTS) is 1. The molecule has 1 aromatic heterocycles. The van der Waals surface area contributed by atoms with Crippen LogP contribution in [-0.2, 0) is 15.0 Å². The van der Waals surface area contributed by atoms with Gasteiger partial charge in [0.1, 0.15) is 0 Å². The Bertz CT molecular complexity index is 861. The molecular formula is C20H22N4O3. The Balaban J connectivity index is 1.63. The fourth-order valence-electron chi connectivity index (χ4n) is 2.82. The zero-order valence-corrected chi connectivity index (χ0v) is 15.3. The van der Waals surface area contributed by atoms with E-state index in [1.54, 1.807) is 56.6 Å². The third-order valence-corrected chi connectivity index (χ3v) is 4.73. The first-order chi connectivity index (χ1) is 12.9. The molecule has 3 rings (SSSR count). The Hall–Kier alpha value is -3.22. The molecule has 2 heterocycles. The number of nitrogens with one attached hydrogen (secondary N) is 1. The van der Waals surface area contributed by atoms with Crippen molar-refractivity contribution in [3.05, 3.63) is 59.9 Å². The molecule has 7 heteroatoms. The van der Waals surface area contributed by atoms with Crippen molar-refractivity contribution in [2.24, 2.45) is 0 Å². The molecule has 2 N–H and O–H groups in total. The molecule has 0 unspecified atom stereocenters. The van der Waals surface area contributed by atoms with Crippen molar-refractivity contribution in [3.63, 3.8) is 0 Å². The van der Waals surface area contributed by atoms with Crippen LogP contribution in [0, 0.1) is 0 Å². The van der Waals surface area contributed by atoms with Gasteiger partial charge in [0.05, 0.1) is 5.41 Å². The van der Waals surface area contributed by atoms with Crippen LogP contribution in [0.5, 0.6) is 0 Å². The van der Waals surface area contributed by atoms with E-state index in [4.69, 9.17) is 0 Å². The summed E-state index contributed by atoms with van der Waals surface area (Å²) in [7, 11) is 0. The van der Waals surface area contributed by atoms with E-state index in [0.717, 1.165) is 5.57 Å². The predicted molar refractivity (Wildman–Crippen MR) is 103 cm³/mol. The van der Waals surface area contributed by atoms with Crippen molar-refractivity contribution in [1.29, 1.82) is 0 Å². The second-order valence-corrected chi connectivity index (χ2v) is 6.94. The third-order valence-electron chi connectivity index (χ3n) is 4.73. The number of aliphatic carboxylic acids is 1. The Labute approximate surface area is 157 Å². The second kappa shape index (κ2) is 7.57. The van der Waals surface area contributed by atoms with E-state index in [9.17, 15) is 14.7 Å². The summed E-state index contributed by atoms with van der Waals surface area (Å²) in [6.45, 7) is 4.56. The lowest BCUT2D eigenvalue weighted by Gasteiger charge is -2.25. The Morgan fingerprint density at radius 3 is 2.37 bits per heavy atom. The number of nitrogens with zero attached hydrogens (tertiary/aromatic N) is 3. The second-order valence-electron chi connectivity index (χ2n) is 6.94.